The number of nitrogens with zero attached hydrogens (tertiary/aromatic N) is 3. The molecule has 6 heteroatoms. The largest absolute Gasteiger partial charge is 0.476 e. The molecule has 1 unspecified atom stereocenters. The average molecular weight is 329 g/mol. The SMILES string of the molecule is CC(C)(C)OC(=O)N1CCC(COc2cnc3ccccc3n2)C1. The Morgan fingerprint density at radius 1 is 1.29 bits per heavy atom. The molecule has 2 heterocycles. The second-order valence-electron chi connectivity index (χ2n) is 7.09. The molecule has 1 saturated heterocycles. The summed E-state index contributed by atoms with van der Waals surface area (Å²) in [6.45, 7) is 7.49. The van der Waals surface area contributed by atoms with Gasteiger partial charge in [-0.2, -0.15) is 0 Å². The van der Waals surface area contributed by atoms with Gasteiger partial charge in [0.05, 0.1) is 23.8 Å². The average Bonchev–Trinajstić information content (AvgIpc) is 3.00. The number of amides is 1. The van der Waals surface area contributed by atoms with Crippen molar-refractivity contribution in [3.05, 3.63) is 30.5 Å². The van der Waals surface area contributed by atoms with Crippen LogP contribution in [0.4, 0.5) is 4.79 Å². The fourth-order valence-electron chi connectivity index (χ4n) is 2.67. The Bertz CT molecular complexity index is 727. The Labute approximate surface area is 141 Å². The van der Waals surface area contributed by atoms with Gasteiger partial charge >= 0.3 is 6.09 Å². The van der Waals surface area contributed by atoms with Gasteiger partial charge in [-0.3, -0.25) is 0 Å². The third-order valence-corrected chi connectivity index (χ3v) is 3.83. The third kappa shape index (κ3) is 4.13. The monoisotopic (exact) mass is 329 g/mol. The number of rotatable bonds is 3. The lowest BCUT2D eigenvalue weighted by molar-refractivity contribution is 0.0284. The molecule has 24 heavy (non-hydrogen) atoms. The third-order valence-electron chi connectivity index (χ3n) is 3.83. The molecule has 1 atom stereocenters. The van der Waals surface area contributed by atoms with E-state index in [9.17, 15) is 4.79 Å². The summed E-state index contributed by atoms with van der Waals surface area (Å²) in [6.07, 6.45) is 2.29. The van der Waals surface area contributed by atoms with Gasteiger partial charge in [0.1, 0.15) is 5.60 Å². The van der Waals surface area contributed by atoms with E-state index in [4.69, 9.17) is 9.47 Å². The van der Waals surface area contributed by atoms with Gasteiger partial charge in [-0.1, -0.05) is 12.1 Å². The van der Waals surface area contributed by atoms with Gasteiger partial charge in [0.25, 0.3) is 0 Å². The highest BCUT2D eigenvalue weighted by Gasteiger charge is 2.30. The van der Waals surface area contributed by atoms with Crippen molar-refractivity contribution < 1.29 is 14.3 Å². The van der Waals surface area contributed by atoms with Crippen LogP contribution in [0.1, 0.15) is 27.2 Å². The van der Waals surface area contributed by atoms with Crippen LogP contribution in [-0.4, -0.2) is 46.3 Å². The van der Waals surface area contributed by atoms with E-state index in [2.05, 4.69) is 9.97 Å². The lowest BCUT2D eigenvalue weighted by Gasteiger charge is -2.24. The zero-order chi connectivity index (χ0) is 17.2. The molecule has 128 valence electrons. The van der Waals surface area contributed by atoms with Gasteiger partial charge in [0, 0.05) is 19.0 Å². The second kappa shape index (κ2) is 6.63. The number of ether oxygens (including phenoxy) is 2. The summed E-state index contributed by atoms with van der Waals surface area (Å²) in [5.74, 6) is 0.801. The van der Waals surface area contributed by atoms with Crippen LogP contribution in [0.2, 0.25) is 0 Å². The number of hydrogen-bond donors (Lipinski definition) is 0. The maximum atomic E-state index is 12.1. The van der Waals surface area contributed by atoms with E-state index in [1.54, 1.807) is 11.1 Å². The van der Waals surface area contributed by atoms with Gasteiger partial charge in [-0.15, -0.1) is 0 Å². The summed E-state index contributed by atoms with van der Waals surface area (Å²) >= 11 is 0. The van der Waals surface area contributed by atoms with E-state index in [0.29, 0.717) is 25.6 Å². The van der Waals surface area contributed by atoms with Crippen molar-refractivity contribution in [1.82, 2.24) is 14.9 Å². The molecule has 0 aliphatic carbocycles. The van der Waals surface area contributed by atoms with E-state index in [1.807, 2.05) is 45.0 Å². The van der Waals surface area contributed by atoms with Crippen molar-refractivity contribution in [1.29, 1.82) is 0 Å². The van der Waals surface area contributed by atoms with Crippen molar-refractivity contribution >= 4 is 17.1 Å². The van der Waals surface area contributed by atoms with Crippen LogP contribution >= 0.6 is 0 Å². The molecule has 1 fully saturated rings. The molecule has 6 nitrogen and oxygen atoms in total. The fraction of sp³-hybridized carbons (Fsp3) is 0.500. The number of likely N-dealkylation sites (tertiary alicyclic amines) is 1. The number of carbonyl (C=O) groups is 1. The zero-order valence-electron chi connectivity index (χ0n) is 14.4. The van der Waals surface area contributed by atoms with Gasteiger partial charge in [-0.05, 0) is 39.3 Å². The summed E-state index contributed by atoms with van der Waals surface area (Å²) in [7, 11) is 0. The van der Waals surface area contributed by atoms with Crippen LogP contribution in [0.5, 0.6) is 5.88 Å². The van der Waals surface area contributed by atoms with Crippen LogP contribution in [0.15, 0.2) is 30.5 Å². The maximum absolute atomic E-state index is 12.1. The number of para-hydroxylation sites is 2. The van der Waals surface area contributed by atoms with E-state index < -0.39 is 5.60 Å². The molecular formula is C18H23N3O3. The summed E-state index contributed by atoms with van der Waals surface area (Å²) < 4.78 is 11.2. The van der Waals surface area contributed by atoms with Crippen molar-refractivity contribution in [3.8, 4) is 5.88 Å². The Morgan fingerprint density at radius 2 is 2.04 bits per heavy atom. The molecule has 0 N–H and O–H groups in total. The molecule has 3 rings (SSSR count). The minimum absolute atomic E-state index is 0.254. The summed E-state index contributed by atoms with van der Waals surface area (Å²) in [5, 5.41) is 0. The van der Waals surface area contributed by atoms with Gasteiger partial charge in [0.15, 0.2) is 0 Å². The summed E-state index contributed by atoms with van der Waals surface area (Å²) in [6, 6.07) is 7.69. The van der Waals surface area contributed by atoms with Crippen LogP contribution in [-0.2, 0) is 4.74 Å². The molecule has 0 bridgehead atoms. The second-order valence-corrected chi connectivity index (χ2v) is 7.09. The molecule has 2 aromatic rings. The van der Waals surface area contributed by atoms with E-state index in [0.717, 1.165) is 17.5 Å². The normalized spacial score (nSPS) is 18.0. The van der Waals surface area contributed by atoms with Crippen LogP contribution in [0.25, 0.3) is 11.0 Å². The Morgan fingerprint density at radius 3 is 2.79 bits per heavy atom. The molecule has 0 radical (unpaired) electrons. The predicted molar refractivity (Wildman–Crippen MR) is 90.9 cm³/mol. The number of fused-ring (bicyclic) bond motifs is 1. The van der Waals surface area contributed by atoms with Crippen molar-refractivity contribution in [2.45, 2.75) is 32.8 Å². The number of benzene rings is 1. The topological polar surface area (TPSA) is 64.5 Å². The van der Waals surface area contributed by atoms with Gasteiger partial charge in [0.2, 0.25) is 5.88 Å². The lowest BCUT2D eigenvalue weighted by Crippen LogP contribution is -2.35. The summed E-state index contributed by atoms with van der Waals surface area (Å²) in [5.41, 5.74) is 1.20. The van der Waals surface area contributed by atoms with Gasteiger partial charge < -0.3 is 14.4 Å². The Hall–Kier alpha value is -2.37. The van der Waals surface area contributed by atoms with Crippen LogP contribution < -0.4 is 4.74 Å². The molecule has 1 aromatic carbocycles. The van der Waals surface area contributed by atoms with Gasteiger partial charge in [-0.25, -0.2) is 14.8 Å². The first kappa shape index (κ1) is 16.5. The first-order valence-corrected chi connectivity index (χ1v) is 8.23. The molecular weight excluding hydrogens is 306 g/mol. The molecule has 0 saturated carbocycles. The predicted octanol–water partition coefficient (Wildman–Crippen LogP) is 3.27. The molecule has 1 aromatic heterocycles. The van der Waals surface area contributed by atoms with E-state index in [1.165, 1.54) is 0 Å². The maximum Gasteiger partial charge on any atom is 0.410 e. The fourth-order valence-corrected chi connectivity index (χ4v) is 2.67. The molecule has 1 aliphatic heterocycles. The van der Waals surface area contributed by atoms with Crippen LogP contribution in [0.3, 0.4) is 0 Å². The highest BCUT2D eigenvalue weighted by molar-refractivity contribution is 5.73. The van der Waals surface area contributed by atoms with Crippen molar-refractivity contribution in [2.75, 3.05) is 19.7 Å². The molecule has 1 amide bonds. The standard InChI is InChI=1S/C18H23N3O3/c1-18(2,3)24-17(22)21-9-8-13(11-21)12-23-16-10-19-14-6-4-5-7-15(14)20-16/h4-7,10,13H,8-9,11-12H2,1-3H3. The van der Waals surface area contributed by atoms with Crippen LogP contribution in [0, 0.1) is 5.92 Å². The highest BCUT2D eigenvalue weighted by atomic mass is 16.6. The first-order chi connectivity index (χ1) is 11.4. The minimum Gasteiger partial charge on any atom is -0.476 e. The summed E-state index contributed by atoms with van der Waals surface area (Å²) in [4.78, 5) is 22.6. The lowest BCUT2D eigenvalue weighted by atomic mass is 10.1. The Balaban J connectivity index is 1.53. The number of aromatic nitrogens is 2. The van der Waals surface area contributed by atoms with Crippen molar-refractivity contribution in [2.24, 2.45) is 5.92 Å². The quantitative estimate of drug-likeness (QED) is 0.865. The number of hydrogen-bond acceptors (Lipinski definition) is 5. The van der Waals surface area contributed by atoms with E-state index in [-0.39, 0.29) is 12.0 Å². The van der Waals surface area contributed by atoms with E-state index >= 15 is 0 Å². The smallest absolute Gasteiger partial charge is 0.410 e. The first-order valence-electron chi connectivity index (χ1n) is 8.23. The highest BCUT2D eigenvalue weighted by Crippen LogP contribution is 2.21. The molecule has 0 spiro atoms. The Kier molecular flexibility index (Phi) is 4.55. The zero-order valence-corrected chi connectivity index (χ0v) is 14.4. The minimum atomic E-state index is -0.466. The number of carbonyl (C=O) groups excluding carboxylic acids is 1. The molecule has 1 aliphatic rings. The van der Waals surface area contributed by atoms with Crippen molar-refractivity contribution in [3.63, 3.8) is 0 Å².